The van der Waals surface area contributed by atoms with Gasteiger partial charge < -0.3 is 9.88 Å². The molecule has 1 saturated heterocycles. The molecule has 7 heteroatoms. The van der Waals surface area contributed by atoms with Gasteiger partial charge in [0.2, 0.25) is 9.84 Å². The van der Waals surface area contributed by atoms with E-state index in [0.29, 0.717) is 16.3 Å². The molecule has 1 aromatic heterocycles. The Balaban J connectivity index is 1.82. The lowest BCUT2D eigenvalue weighted by Gasteiger charge is -2.23. The van der Waals surface area contributed by atoms with Crippen LogP contribution in [0.5, 0.6) is 0 Å². The first-order valence-electron chi connectivity index (χ1n) is 8.95. The Morgan fingerprint density at radius 2 is 1.81 bits per heavy atom. The monoisotopic (exact) mass is 406 g/mol. The van der Waals surface area contributed by atoms with E-state index < -0.39 is 15.7 Å². The number of nitrogens with one attached hydrogen (secondary N) is 1. The summed E-state index contributed by atoms with van der Waals surface area (Å²) in [4.78, 5) is 0.314. The highest BCUT2D eigenvalue weighted by Gasteiger charge is 2.25. The molecular weight excluding hydrogens is 387 g/mol. The first kappa shape index (κ1) is 18.5. The lowest BCUT2D eigenvalue weighted by atomic mass is 9.98. The maximum atomic E-state index is 13.2. The Morgan fingerprint density at radius 1 is 1.11 bits per heavy atom. The van der Waals surface area contributed by atoms with Crippen molar-refractivity contribution in [3.8, 4) is 0 Å². The maximum absolute atomic E-state index is 13.2. The number of piperidine rings is 1. The second kappa shape index (κ2) is 7.26. The summed E-state index contributed by atoms with van der Waals surface area (Å²) in [5.41, 5.74) is 0.807. The average Bonchev–Trinajstić information content (AvgIpc) is 3.01. The van der Waals surface area contributed by atoms with Gasteiger partial charge in [-0.3, -0.25) is 0 Å². The van der Waals surface area contributed by atoms with Crippen LogP contribution >= 0.6 is 11.6 Å². The van der Waals surface area contributed by atoms with Crippen molar-refractivity contribution in [1.82, 2.24) is 9.88 Å². The summed E-state index contributed by atoms with van der Waals surface area (Å²) in [5.74, 6) is 0.0243. The fourth-order valence-electron chi connectivity index (χ4n) is 3.68. The SMILES string of the molecule is O=S(=O)(c1ccc(F)cc1)c1cn(CC2CCNCC2)c2cc(Cl)ccc12. The third kappa shape index (κ3) is 3.61. The van der Waals surface area contributed by atoms with Crippen LogP contribution in [0.25, 0.3) is 10.9 Å². The molecule has 1 N–H and O–H groups in total. The van der Waals surface area contributed by atoms with E-state index in [1.54, 1.807) is 18.3 Å². The smallest absolute Gasteiger partial charge is 0.208 e. The van der Waals surface area contributed by atoms with Crippen molar-refractivity contribution in [3.05, 3.63) is 59.5 Å². The number of hydrogen-bond acceptors (Lipinski definition) is 3. The van der Waals surface area contributed by atoms with Crippen LogP contribution in [0.2, 0.25) is 5.02 Å². The van der Waals surface area contributed by atoms with E-state index in [4.69, 9.17) is 11.6 Å². The van der Waals surface area contributed by atoms with Crippen molar-refractivity contribution >= 4 is 32.3 Å². The van der Waals surface area contributed by atoms with Crippen LogP contribution in [0.1, 0.15) is 12.8 Å². The Hall–Kier alpha value is -1.89. The lowest BCUT2D eigenvalue weighted by molar-refractivity contribution is 0.336. The molecule has 1 aliphatic rings. The molecule has 1 aliphatic heterocycles. The van der Waals surface area contributed by atoms with Gasteiger partial charge in [0, 0.05) is 23.2 Å². The van der Waals surface area contributed by atoms with E-state index >= 15 is 0 Å². The molecule has 0 spiro atoms. The quantitative estimate of drug-likeness (QED) is 0.658. The second-order valence-electron chi connectivity index (χ2n) is 6.96. The van der Waals surface area contributed by atoms with E-state index in [1.807, 2.05) is 10.6 Å². The number of nitrogens with zero attached hydrogens (tertiary/aromatic N) is 1. The topological polar surface area (TPSA) is 51.1 Å². The minimum absolute atomic E-state index is 0.0831. The predicted molar refractivity (Wildman–Crippen MR) is 104 cm³/mol. The summed E-state index contributed by atoms with van der Waals surface area (Å²) in [6.07, 6.45) is 3.81. The van der Waals surface area contributed by atoms with E-state index in [-0.39, 0.29) is 9.79 Å². The van der Waals surface area contributed by atoms with Crippen LogP contribution in [0, 0.1) is 11.7 Å². The van der Waals surface area contributed by atoms with Crippen molar-refractivity contribution in [3.63, 3.8) is 0 Å². The summed E-state index contributed by atoms with van der Waals surface area (Å²) in [5, 5.41) is 4.55. The van der Waals surface area contributed by atoms with Crippen molar-refractivity contribution in [1.29, 1.82) is 0 Å². The Bertz CT molecular complexity index is 1070. The van der Waals surface area contributed by atoms with Crippen LogP contribution in [0.15, 0.2) is 58.5 Å². The highest BCUT2D eigenvalue weighted by atomic mass is 35.5. The molecule has 2 heterocycles. The molecule has 1 fully saturated rings. The molecule has 0 atom stereocenters. The van der Waals surface area contributed by atoms with E-state index in [1.165, 1.54) is 12.1 Å². The minimum Gasteiger partial charge on any atom is -0.346 e. The van der Waals surface area contributed by atoms with E-state index in [9.17, 15) is 12.8 Å². The highest BCUT2D eigenvalue weighted by Crippen LogP contribution is 2.33. The molecule has 0 amide bonds. The van der Waals surface area contributed by atoms with Crippen LogP contribution in [0.4, 0.5) is 4.39 Å². The molecule has 3 aromatic rings. The minimum atomic E-state index is -3.76. The van der Waals surface area contributed by atoms with Gasteiger partial charge in [0.15, 0.2) is 0 Å². The van der Waals surface area contributed by atoms with E-state index in [0.717, 1.165) is 50.1 Å². The predicted octanol–water partition coefficient (Wildman–Crippen LogP) is 4.27. The summed E-state index contributed by atoms with van der Waals surface area (Å²) in [6, 6.07) is 10.2. The summed E-state index contributed by atoms with van der Waals surface area (Å²) < 4.78 is 41.6. The molecule has 0 aliphatic carbocycles. The number of sulfone groups is 1. The number of hydrogen-bond donors (Lipinski definition) is 1. The average molecular weight is 407 g/mol. The number of rotatable bonds is 4. The van der Waals surface area contributed by atoms with Crippen LogP contribution in [-0.2, 0) is 16.4 Å². The van der Waals surface area contributed by atoms with Gasteiger partial charge in [-0.25, -0.2) is 12.8 Å². The summed E-state index contributed by atoms with van der Waals surface area (Å²) >= 11 is 6.18. The van der Waals surface area contributed by atoms with Gasteiger partial charge >= 0.3 is 0 Å². The molecule has 0 unspecified atom stereocenters. The van der Waals surface area contributed by atoms with Crippen molar-refractivity contribution in [2.24, 2.45) is 5.92 Å². The van der Waals surface area contributed by atoms with Crippen molar-refractivity contribution < 1.29 is 12.8 Å². The summed E-state index contributed by atoms with van der Waals surface area (Å²) in [6.45, 7) is 2.70. The fraction of sp³-hybridized carbons (Fsp3) is 0.300. The van der Waals surface area contributed by atoms with Gasteiger partial charge in [-0.15, -0.1) is 0 Å². The zero-order valence-corrected chi connectivity index (χ0v) is 16.2. The zero-order valence-electron chi connectivity index (χ0n) is 14.7. The first-order valence-corrected chi connectivity index (χ1v) is 10.8. The third-order valence-electron chi connectivity index (χ3n) is 5.13. The van der Waals surface area contributed by atoms with Crippen molar-refractivity contribution in [2.45, 2.75) is 29.2 Å². The van der Waals surface area contributed by atoms with Gasteiger partial charge in [-0.1, -0.05) is 17.7 Å². The molecule has 4 rings (SSSR count). The van der Waals surface area contributed by atoms with Gasteiger partial charge in [0.25, 0.3) is 0 Å². The molecule has 0 bridgehead atoms. The van der Waals surface area contributed by atoms with Crippen LogP contribution in [-0.4, -0.2) is 26.1 Å². The first-order chi connectivity index (χ1) is 12.9. The molecule has 27 heavy (non-hydrogen) atoms. The molecule has 4 nitrogen and oxygen atoms in total. The molecule has 0 radical (unpaired) electrons. The second-order valence-corrected chi connectivity index (χ2v) is 9.31. The molecule has 2 aromatic carbocycles. The van der Waals surface area contributed by atoms with Gasteiger partial charge in [-0.2, -0.15) is 0 Å². The Labute approximate surface area is 162 Å². The third-order valence-corrected chi connectivity index (χ3v) is 7.17. The Kier molecular flexibility index (Phi) is 4.97. The highest BCUT2D eigenvalue weighted by molar-refractivity contribution is 7.91. The molecule has 0 saturated carbocycles. The van der Waals surface area contributed by atoms with Crippen LogP contribution < -0.4 is 5.32 Å². The van der Waals surface area contributed by atoms with Crippen molar-refractivity contribution in [2.75, 3.05) is 13.1 Å². The van der Waals surface area contributed by atoms with Gasteiger partial charge in [0.1, 0.15) is 5.82 Å². The maximum Gasteiger partial charge on any atom is 0.208 e. The normalized spacial score (nSPS) is 16.1. The number of aromatic nitrogens is 1. The van der Waals surface area contributed by atoms with Gasteiger partial charge in [-0.05, 0) is 68.2 Å². The number of fused-ring (bicyclic) bond motifs is 1. The van der Waals surface area contributed by atoms with E-state index in [2.05, 4.69) is 5.32 Å². The molecule has 142 valence electrons. The van der Waals surface area contributed by atoms with Crippen LogP contribution in [0.3, 0.4) is 0 Å². The number of benzene rings is 2. The molecular formula is C20H20ClFN2O2S. The summed E-state index contributed by atoms with van der Waals surface area (Å²) in [7, 11) is -3.76. The lowest BCUT2D eigenvalue weighted by Crippen LogP contribution is -2.29. The fourth-order valence-corrected chi connectivity index (χ4v) is 5.32. The Morgan fingerprint density at radius 3 is 2.52 bits per heavy atom. The number of halogens is 2. The van der Waals surface area contributed by atoms with Gasteiger partial charge in [0.05, 0.1) is 15.3 Å². The zero-order chi connectivity index (χ0) is 19.0. The largest absolute Gasteiger partial charge is 0.346 e. The standard InChI is InChI=1S/C20H20ClFN2O2S/c21-15-1-6-18-19(11-15)24(12-14-7-9-23-10-8-14)13-20(18)27(25,26)17-4-2-16(22)3-5-17/h1-6,11,13-14,23H,7-10,12H2.